The Kier molecular flexibility index (Phi) is 10.6. The van der Waals surface area contributed by atoms with Crippen molar-refractivity contribution < 1.29 is 34.0 Å². The number of rotatable bonds is 2. The van der Waals surface area contributed by atoms with Crippen LogP contribution in [0.2, 0.25) is 0 Å². The topological polar surface area (TPSA) is 48.7 Å². The summed E-state index contributed by atoms with van der Waals surface area (Å²) in [6.45, 7) is 17.6. The maximum atomic E-state index is 12.7. The van der Waals surface area contributed by atoms with Crippen molar-refractivity contribution in [3.05, 3.63) is 180 Å². The van der Waals surface area contributed by atoms with Gasteiger partial charge in [0, 0.05) is 48.7 Å². The van der Waals surface area contributed by atoms with E-state index in [0.717, 1.165) is 89.4 Å². The first-order chi connectivity index (χ1) is 31.2. The third-order valence-corrected chi connectivity index (χ3v) is 13.1. The summed E-state index contributed by atoms with van der Waals surface area (Å²) in [5.41, 5.74) is 16.1. The van der Waals surface area contributed by atoms with Crippen LogP contribution in [0.15, 0.2) is 140 Å². The molecule has 10 aromatic rings. The second-order valence-corrected chi connectivity index (χ2v) is 19.5. The zero-order valence-electron chi connectivity index (χ0n) is 38.2. The number of para-hydroxylation sites is 2. The zero-order valence-corrected chi connectivity index (χ0v) is 40.6. The Bertz CT molecular complexity index is 3480. The van der Waals surface area contributed by atoms with Gasteiger partial charge in [-0.2, -0.15) is 0 Å². The number of hydrogen-bond acceptors (Lipinski definition) is 4. The Hall–Kier alpha value is -6.60. The molecule has 2 aliphatic heterocycles. The normalized spacial score (nSPS) is 12.7. The Balaban J connectivity index is 0.000000273. The number of fused-ring (bicyclic) bond motifs is 12. The van der Waals surface area contributed by atoms with Crippen molar-refractivity contribution in [3.8, 4) is 45.4 Å². The Morgan fingerprint density at radius 1 is 0.652 bits per heavy atom. The Labute approximate surface area is 399 Å². The number of imidazole rings is 1. The van der Waals surface area contributed by atoms with E-state index in [1.165, 1.54) is 45.1 Å². The third kappa shape index (κ3) is 7.28. The molecule has 12 rings (SSSR count). The van der Waals surface area contributed by atoms with E-state index in [-0.39, 0.29) is 43.5 Å². The molecule has 0 saturated carbocycles. The molecule has 0 saturated heterocycles. The molecule has 0 fully saturated rings. The molecule has 3 aromatic heterocycles. The molecule has 66 heavy (non-hydrogen) atoms. The number of aromatic nitrogens is 3. The van der Waals surface area contributed by atoms with Gasteiger partial charge in [-0.25, -0.2) is 0 Å². The summed E-state index contributed by atoms with van der Waals surface area (Å²) in [5.74, 6) is 3.18. The largest absolute Gasteiger partial charge is 0.458 e. The van der Waals surface area contributed by atoms with Crippen molar-refractivity contribution in [1.82, 2.24) is 14.4 Å². The number of ether oxygens (including phenoxy) is 2. The predicted octanol–water partition coefficient (Wildman–Crippen LogP) is 12.9. The fourth-order valence-electron chi connectivity index (χ4n) is 9.43. The van der Waals surface area contributed by atoms with Gasteiger partial charge in [0.25, 0.3) is 6.71 Å². The SMILES string of the molecule is CC(C)(C)c1ccc2c(c1)B1c3cc(C(C)(C)C)ccc3Oc3cc(-c4cccc5nc6c7[c-]cccc7c7ccccc7n6c45)cc(c31)O2.Cc1cnc(-c2[c-]cc(F)cc2)cc1C.[Ir]. The molecule has 5 heterocycles. The van der Waals surface area contributed by atoms with Crippen molar-refractivity contribution in [2.75, 3.05) is 0 Å². The van der Waals surface area contributed by atoms with Gasteiger partial charge in [-0.3, -0.25) is 9.37 Å². The van der Waals surface area contributed by atoms with Crippen LogP contribution in [0.3, 0.4) is 0 Å². The maximum Gasteiger partial charge on any atom is 0.260 e. The Morgan fingerprint density at radius 3 is 1.95 bits per heavy atom. The standard InChI is InChI=1S/C45H36BN2O2.C13H11FN.Ir/c1-44(2,3)27-18-20-37-33(24-27)46-34-25-28(45(4,5)6)19-21-38(34)50-40-23-26(22-39(49-37)41(40)46)29-15-11-16-35-42(29)48-36-17-10-9-13-31(36)30-12-7-8-14-32(30)43(48)47-35;1-9-7-13(15-8-10(9)2)11-3-5-12(14)6-4-11;/h7-13,15-25H,1-6H3;3,5-8H,1-2H3;/q2*-1;. The molecule has 8 heteroatoms. The van der Waals surface area contributed by atoms with Crippen molar-refractivity contribution in [2.24, 2.45) is 0 Å². The molecular weight excluding hydrogens is 993 g/mol. The number of benzene rings is 7. The van der Waals surface area contributed by atoms with E-state index in [0.29, 0.717) is 0 Å². The summed E-state index contributed by atoms with van der Waals surface area (Å²) in [6.07, 6.45) is 1.82. The van der Waals surface area contributed by atoms with Crippen LogP contribution >= 0.6 is 0 Å². The number of hydrogen-bond donors (Lipinski definition) is 0. The maximum absolute atomic E-state index is 12.7. The first kappa shape index (κ1) is 43.3. The van der Waals surface area contributed by atoms with E-state index in [1.54, 1.807) is 6.07 Å². The number of pyridine rings is 2. The molecule has 0 N–H and O–H groups in total. The van der Waals surface area contributed by atoms with Gasteiger partial charge in [0.2, 0.25) is 0 Å². The number of nitrogens with zero attached hydrogens (tertiary/aromatic N) is 3. The van der Waals surface area contributed by atoms with Crippen LogP contribution in [-0.2, 0) is 30.9 Å². The predicted molar refractivity (Wildman–Crippen MR) is 265 cm³/mol. The molecule has 5 nitrogen and oxygen atoms in total. The van der Waals surface area contributed by atoms with Crippen molar-refractivity contribution in [2.45, 2.75) is 66.2 Å². The van der Waals surface area contributed by atoms with E-state index in [9.17, 15) is 4.39 Å². The summed E-state index contributed by atoms with van der Waals surface area (Å²) in [5, 5.41) is 3.34. The van der Waals surface area contributed by atoms with Crippen LogP contribution in [0.25, 0.3) is 60.7 Å². The molecule has 0 bridgehead atoms. The fraction of sp³-hybridized carbons (Fsp3) is 0.172. The van der Waals surface area contributed by atoms with Crippen LogP contribution in [0, 0.1) is 31.8 Å². The first-order valence-corrected chi connectivity index (χ1v) is 22.3. The van der Waals surface area contributed by atoms with Gasteiger partial charge < -0.3 is 18.9 Å². The summed E-state index contributed by atoms with van der Waals surface area (Å²) in [7, 11) is 0. The second kappa shape index (κ2) is 16.1. The first-order valence-electron chi connectivity index (χ1n) is 22.3. The second-order valence-electron chi connectivity index (χ2n) is 19.5. The van der Waals surface area contributed by atoms with Gasteiger partial charge in [0.1, 0.15) is 23.0 Å². The summed E-state index contributed by atoms with van der Waals surface area (Å²) < 4.78 is 28.7. The Morgan fingerprint density at radius 2 is 1.32 bits per heavy atom. The smallest absolute Gasteiger partial charge is 0.260 e. The quantitative estimate of drug-likeness (QED) is 0.0983. The van der Waals surface area contributed by atoms with Crippen molar-refractivity contribution in [1.29, 1.82) is 0 Å². The molecule has 327 valence electrons. The zero-order chi connectivity index (χ0) is 44.9. The number of halogens is 1. The molecule has 0 atom stereocenters. The third-order valence-electron chi connectivity index (χ3n) is 13.1. The molecule has 0 spiro atoms. The van der Waals surface area contributed by atoms with E-state index in [4.69, 9.17) is 14.5 Å². The van der Waals surface area contributed by atoms with E-state index in [2.05, 4.69) is 166 Å². The fourth-order valence-corrected chi connectivity index (χ4v) is 9.43. The van der Waals surface area contributed by atoms with Crippen molar-refractivity contribution >= 4 is 61.5 Å². The number of aryl methyl sites for hydroxylation is 2. The minimum Gasteiger partial charge on any atom is -0.458 e. The van der Waals surface area contributed by atoms with E-state index < -0.39 is 0 Å². The van der Waals surface area contributed by atoms with Gasteiger partial charge in [-0.15, -0.1) is 59.5 Å². The van der Waals surface area contributed by atoms with Crippen molar-refractivity contribution in [3.63, 3.8) is 0 Å². The molecule has 0 unspecified atom stereocenters. The molecule has 0 aliphatic carbocycles. The van der Waals surface area contributed by atoms with Gasteiger partial charge in [0.15, 0.2) is 0 Å². The molecular formula is C58H47BFIrN3O2-2. The molecule has 1 radical (unpaired) electrons. The summed E-state index contributed by atoms with van der Waals surface area (Å²) >= 11 is 0. The average molecular weight is 1040 g/mol. The summed E-state index contributed by atoms with van der Waals surface area (Å²) in [4.78, 5) is 9.50. The summed E-state index contributed by atoms with van der Waals surface area (Å²) in [6, 6.07) is 51.8. The van der Waals surface area contributed by atoms with Crippen LogP contribution < -0.4 is 25.9 Å². The minimum absolute atomic E-state index is 0. The molecule has 0 amide bonds. The van der Waals surface area contributed by atoms with Gasteiger partial charge >= 0.3 is 0 Å². The van der Waals surface area contributed by atoms with Crippen LogP contribution in [0.5, 0.6) is 23.0 Å². The van der Waals surface area contributed by atoms with Gasteiger partial charge in [-0.1, -0.05) is 113 Å². The van der Waals surface area contributed by atoms with Crippen LogP contribution in [0.1, 0.15) is 63.8 Å². The van der Waals surface area contributed by atoms with Crippen LogP contribution in [0.4, 0.5) is 4.39 Å². The molecule has 7 aromatic carbocycles. The van der Waals surface area contributed by atoms with Crippen LogP contribution in [-0.4, -0.2) is 21.1 Å². The van der Waals surface area contributed by atoms with E-state index >= 15 is 0 Å². The van der Waals surface area contributed by atoms with Gasteiger partial charge in [-0.05, 0) is 105 Å². The molecule has 2 aliphatic rings. The monoisotopic (exact) mass is 1040 g/mol. The van der Waals surface area contributed by atoms with Gasteiger partial charge in [0.05, 0.1) is 16.7 Å². The average Bonchev–Trinajstić information content (AvgIpc) is 3.70. The van der Waals surface area contributed by atoms with E-state index in [1.807, 2.05) is 32.2 Å². The minimum atomic E-state index is -0.275.